The largest absolute Gasteiger partial charge is 0.316 e. The van der Waals surface area contributed by atoms with Crippen molar-refractivity contribution in [1.82, 2.24) is 9.62 Å². The van der Waals surface area contributed by atoms with E-state index in [1.165, 1.54) is 22.5 Å². The van der Waals surface area contributed by atoms with E-state index < -0.39 is 16.4 Å². The van der Waals surface area contributed by atoms with Crippen LogP contribution in [0.4, 0.5) is 8.78 Å². The Morgan fingerprint density at radius 1 is 1.18 bits per heavy atom. The van der Waals surface area contributed by atoms with Gasteiger partial charge in [-0.05, 0) is 43.4 Å². The summed E-state index contributed by atoms with van der Waals surface area (Å²) < 4.78 is 52.2. The summed E-state index contributed by atoms with van der Waals surface area (Å²) >= 11 is 0. The van der Waals surface area contributed by atoms with Gasteiger partial charge in [0.25, 0.3) is 6.43 Å². The maximum absolute atomic E-state index is 12.8. The number of hydrogen-bond donors (Lipinski definition) is 1. The van der Waals surface area contributed by atoms with Crippen molar-refractivity contribution in [2.75, 3.05) is 26.2 Å². The summed E-state index contributed by atoms with van der Waals surface area (Å²) in [6.45, 7) is 2.86. The molecule has 122 valence electrons. The van der Waals surface area contributed by atoms with E-state index in [1.54, 1.807) is 0 Å². The van der Waals surface area contributed by atoms with Crippen molar-refractivity contribution in [2.24, 2.45) is 5.41 Å². The number of alkyl halides is 2. The first-order valence-electron chi connectivity index (χ1n) is 7.52. The molecular formula is C15H20F2N2O2S. The molecule has 1 spiro atoms. The first-order chi connectivity index (χ1) is 10.4. The third-order valence-electron chi connectivity index (χ3n) is 4.86. The fourth-order valence-corrected chi connectivity index (χ4v) is 4.88. The molecule has 0 unspecified atom stereocenters. The molecule has 2 heterocycles. The van der Waals surface area contributed by atoms with Gasteiger partial charge < -0.3 is 5.32 Å². The van der Waals surface area contributed by atoms with Crippen LogP contribution >= 0.6 is 0 Å². The van der Waals surface area contributed by atoms with Gasteiger partial charge in [-0.25, -0.2) is 17.2 Å². The van der Waals surface area contributed by atoms with Crippen LogP contribution in [0.3, 0.4) is 0 Å². The number of hydrogen-bond acceptors (Lipinski definition) is 3. The fraction of sp³-hybridized carbons (Fsp3) is 0.600. The molecule has 2 aliphatic heterocycles. The van der Waals surface area contributed by atoms with Crippen molar-refractivity contribution in [3.05, 3.63) is 29.8 Å². The molecule has 0 aromatic heterocycles. The predicted molar refractivity (Wildman–Crippen MR) is 79.3 cm³/mol. The van der Waals surface area contributed by atoms with E-state index in [1.807, 2.05) is 0 Å². The van der Waals surface area contributed by atoms with E-state index in [2.05, 4.69) is 5.32 Å². The van der Waals surface area contributed by atoms with Gasteiger partial charge in [0, 0.05) is 25.2 Å². The molecular weight excluding hydrogens is 310 g/mol. The maximum atomic E-state index is 12.8. The fourth-order valence-electron chi connectivity index (χ4n) is 3.38. The van der Waals surface area contributed by atoms with Crippen LogP contribution in [-0.4, -0.2) is 38.9 Å². The average Bonchev–Trinajstić information content (AvgIpc) is 2.96. The zero-order valence-corrected chi connectivity index (χ0v) is 13.1. The van der Waals surface area contributed by atoms with Crippen LogP contribution in [0.2, 0.25) is 0 Å². The Hall–Kier alpha value is -1.05. The summed E-state index contributed by atoms with van der Waals surface area (Å²) in [6, 6.07) is 5.10. The van der Waals surface area contributed by atoms with Gasteiger partial charge in [0.1, 0.15) is 0 Å². The van der Waals surface area contributed by atoms with E-state index >= 15 is 0 Å². The second-order valence-corrected chi connectivity index (χ2v) is 8.14. The van der Waals surface area contributed by atoms with E-state index in [9.17, 15) is 17.2 Å². The van der Waals surface area contributed by atoms with E-state index in [-0.39, 0.29) is 15.9 Å². The Labute approximate surface area is 129 Å². The quantitative estimate of drug-likeness (QED) is 0.926. The summed E-state index contributed by atoms with van der Waals surface area (Å²) in [5, 5.41) is 3.34. The van der Waals surface area contributed by atoms with Crippen molar-refractivity contribution in [3.63, 3.8) is 0 Å². The molecule has 2 saturated heterocycles. The molecule has 2 fully saturated rings. The lowest BCUT2D eigenvalue weighted by atomic mass is 9.78. The minimum absolute atomic E-state index is 0.0363. The van der Waals surface area contributed by atoms with Gasteiger partial charge in [-0.1, -0.05) is 12.1 Å². The highest BCUT2D eigenvalue weighted by atomic mass is 32.2. The van der Waals surface area contributed by atoms with E-state index in [0.717, 1.165) is 38.4 Å². The molecule has 0 saturated carbocycles. The number of sulfonamides is 1. The number of nitrogens with one attached hydrogen (secondary N) is 1. The predicted octanol–water partition coefficient (Wildman–Crippen LogP) is 2.39. The number of piperidine rings is 1. The number of halogens is 2. The van der Waals surface area contributed by atoms with Crippen molar-refractivity contribution in [3.8, 4) is 0 Å². The minimum atomic E-state index is -3.68. The van der Waals surface area contributed by atoms with Crippen molar-refractivity contribution >= 4 is 10.0 Å². The summed E-state index contributed by atoms with van der Waals surface area (Å²) in [5.41, 5.74) is -0.0360. The first kappa shape index (κ1) is 15.8. The van der Waals surface area contributed by atoms with Crippen LogP contribution in [0.5, 0.6) is 0 Å². The van der Waals surface area contributed by atoms with Crippen LogP contribution in [-0.2, 0) is 10.0 Å². The van der Waals surface area contributed by atoms with Gasteiger partial charge in [-0.3, -0.25) is 0 Å². The van der Waals surface area contributed by atoms with Gasteiger partial charge in [0.05, 0.1) is 4.90 Å². The van der Waals surface area contributed by atoms with Crippen LogP contribution < -0.4 is 5.32 Å². The third-order valence-corrected chi connectivity index (χ3v) is 6.76. The second kappa shape index (κ2) is 5.86. The maximum Gasteiger partial charge on any atom is 0.263 e. The second-order valence-electron chi connectivity index (χ2n) is 6.20. The topological polar surface area (TPSA) is 49.4 Å². The molecule has 2 aliphatic rings. The Bertz CT molecular complexity index is 633. The molecule has 0 amide bonds. The molecule has 1 aromatic rings. The highest BCUT2D eigenvalue weighted by Crippen LogP contribution is 2.38. The lowest BCUT2D eigenvalue weighted by Gasteiger charge is -2.38. The molecule has 0 radical (unpaired) electrons. The van der Waals surface area contributed by atoms with Gasteiger partial charge >= 0.3 is 0 Å². The Kier molecular flexibility index (Phi) is 4.22. The van der Waals surface area contributed by atoms with Gasteiger partial charge in [0.2, 0.25) is 10.0 Å². The van der Waals surface area contributed by atoms with Crippen LogP contribution in [0.15, 0.2) is 29.2 Å². The van der Waals surface area contributed by atoms with Gasteiger partial charge in [0.15, 0.2) is 0 Å². The van der Waals surface area contributed by atoms with Crippen LogP contribution in [0.1, 0.15) is 31.3 Å². The summed E-state index contributed by atoms with van der Waals surface area (Å²) in [6.07, 6.45) is 0.0767. The zero-order valence-electron chi connectivity index (χ0n) is 12.3. The van der Waals surface area contributed by atoms with Crippen LogP contribution in [0, 0.1) is 5.41 Å². The molecule has 22 heavy (non-hydrogen) atoms. The molecule has 4 nitrogen and oxygen atoms in total. The zero-order chi connectivity index (χ0) is 15.8. The Morgan fingerprint density at radius 3 is 2.50 bits per heavy atom. The summed E-state index contributed by atoms with van der Waals surface area (Å²) in [4.78, 5) is -0.0363. The SMILES string of the molecule is O=S(=O)(c1cccc(C(F)F)c1)N1CCC2(CCNC2)CC1. The molecule has 0 aliphatic carbocycles. The first-order valence-corrected chi connectivity index (χ1v) is 8.96. The van der Waals surface area contributed by atoms with Crippen LogP contribution in [0.25, 0.3) is 0 Å². The molecule has 1 aromatic carbocycles. The minimum Gasteiger partial charge on any atom is -0.316 e. The lowest BCUT2D eigenvalue weighted by Crippen LogP contribution is -2.43. The average molecular weight is 330 g/mol. The molecule has 0 atom stereocenters. The Balaban J connectivity index is 1.78. The number of benzene rings is 1. The molecule has 1 N–H and O–H groups in total. The van der Waals surface area contributed by atoms with Crippen molar-refractivity contribution < 1.29 is 17.2 Å². The van der Waals surface area contributed by atoms with E-state index in [0.29, 0.717) is 13.1 Å². The van der Waals surface area contributed by atoms with Crippen molar-refractivity contribution in [2.45, 2.75) is 30.6 Å². The number of nitrogens with zero attached hydrogens (tertiary/aromatic N) is 1. The summed E-state index contributed by atoms with van der Waals surface area (Å²) in [7, 11) is -3.68. The van der Waals surface area contributed by atoms with Gasteiger partial charge in [-0.15, -0.1) is 0 Å². The summed E-state index contributed by atoms with van der Waals surface area (Å²) in [5.74, 6) is 0. The smallest absolute Gasteiger partial charge is 0.263 e. The number of rotatable bonds is 3. The third kappa shape index (κ3) is 2.89. The van der Waals surface area contributed by atoms with E-state index in [4.69, 9.17) is 0 Å². The Morgan fingerprint density at radius 2 is 1.91 bits per heavy atom. The highest BCUT2D eigenvalue weighted by molar-refractivity contribution is 7.89. The standard InChI is InChI=1S/C15H20F2N2O2S/c16-14(17)12-2-1-3-13(10-12)22(20,21)19-8-5-15(6-9-19)4-7-18-11-15/h1-3,10,14,18H,4-9,11H2. The molecule has 0 bridgehead atoms. The lowest BCUT2D eigenvalue weighted by molar-refractivity contribution is 0.151. The molecule has 3 rings (SSSR count). The van der Waals surface area contributed by atoms with Crippen molar-refractivity contribution in [1.29, 1.82) is 0 Å². The highest BCUT2D eigenvalue weighted by Gasteiger charge is 2.40. The normalized spacial score (nSPS) is 22.5. The monoisotopic (exact) mass is 330 g/mol. The molecule has 7 heteroatoms. The van der Waals surface area contributed by atoms with Gasteiger partial charge in [-0.2, -0.15) is 4.31 Å².